The van der Waals surface area contributed by atoms with Crippen LogP contribution in [0.1, 0.15) is 36.8 Å². The maximum Gasteiger partial charge on any atom is 0.182 e. The highest BCUT2D eigenvalue weighted by molar-refractivity contribution is 7.13. The largest absolute Gasteiger partial charge is 0.365 e. The van der Waals surface area contributed by atoms with Crippen LogP contribution in [-0.4, -0.2) is 28.5 Å². The van der Waals surface area contributed by atoms with Crippen molar-refractivity contribution in [1.29, 1.82) is 0 Å². The van der Waals surface area contributed by atoms with Crippen LogP contribution in [0.3, 0.4) is 0 Å². The Labute approximate surface area is 146 Å². The van der Waals surface area contributed by atoms with E-state index in [4.69, 9.17) is 0 Å². The van der Waals surface area contributed by atoms with E-state index >= 15 is 0 Å². The number of fused-ring (bicyclic) bond motifs is 3. The molecule has 0 fully saturated rings. The highest BCUT2D eigenvalue weighted by atomic mass is 32.1. The first kappa shape index (κ1) is 15.7. The van der Waals surface area contributed by atoms with Gasteiger partial charge >= 0.3 is 0 Å². The average molecular weight is 340 g/mol. The lowest BCUT2D eigenvalue weighted by atomic mass is 9.90. The van der Waals surface area contributed by atoms with Gasteiger partial charge in [-0.05, 0) is 24.0 Å². The fraction of sp³-hybridized carbons (Fsp3) is 0.421. The summed E-state index contributed by atoms with van der Waals surface area (Å²) in [6, 6.07) is 9.11. The van der Waals surface area contributed by atoms with Crippen molar-refractivity contribution in [1.82, 2.24) is 14.9 Å². The first-order valence-electron chi connectivity index (χ1n) is 8.63. The average Bonchev–Trinajstić information content (AvgIpc) is 3.18. The maximum absolute atomic E-state index is 4.67. The van der Waals surface area contributed by atoms with Gasteiger partial charge in [-0.25, -0.2) is 4.98 Å². The molecule has 126 valence electrons. The summed E-state index contributed by atoms with van der Waals surface area (Å²) in [5, 5.41) is 7.69. The molecule has 3 aromatic rings. The molecule has 1 atom stereocenters. The molecule has 2 aromatic heterocycles. The molecule has 24 heavy (non-hydrogen) atoms. The van der Waals surface area contributed by atoms with E-state index in [1.165, 1.54) is 22.2 Å². The summed E-state index contributed by atoms with van der Waals surface area (Å²) in [4.78, 5) is 11.0. The Kier molecular flexibility index (Phi) is 4.06. The highest BCUT2D eigenvalue weighted by Gasteiger charge is 2.32. The summed E-state index contributed by atoms with van der Waals surface area (Å²) >= 11 is 1.68. The van der Waals surface area contributed by atoms with Crippen LogP contribution in [0.2, 0.25) is 0 Å². The number of nitrogens with zero attached hydrogens (tertiary/aromatic N) is 2. The molecule has 1 aliphatic rings. The molecule has 2 N–H and O–H groups in total. The molecule has 4 rings (SSSR count). The normalized spacial score (nSPS) is 18.2. The molecule has 0 aliphatic carbocycles. The van der Waals surface area contributed by atoms with Crippen molar-refractivity contribution >= 4 is 27.4 Å². The Morgan fingerprint density at radius 1 is 1.38 bits per heavy atom. The number of hydrogen-bond acceptors (Lipinski definition) is 4. The summed E-state index contributed by atoms with van der Waals surface area (Å²) in [5.74, 6) is 0.555. The Bertz CT molecular complexity index is 848. The molecular weight excluding hydrogens is 316 g/mol. The summed E-state index contributed by atoms with van der Waals surface area (Å²) in [6.07, 6.45) is 1.10. The third-order valence-electron chi connectivity index (χ3n) is 4.95. The summed E-state index contributed by atoms with van der Waals surface area (Å²) < 4.78 is 0. The number of thiazole rings is 1. The Balaban J connectivity index is 1.69. The van der Waals surface area contributed by atoms with E-state index in [1.54, 1.807) is 11.3 Å². The minimum Gasteiger partial charge on any atom is -0.365 e. The zero-order valence-electron chi connectivity index (χ0n) is 14.5. The number of aromatic amines is 1. The molecule has 0 saturated heterocycles. The second kappa shape index (κ2) is 6.22. The number of anilines is 1. The molecule has 0 saturated carbocycles. The van der Waals surface area contributed by atoms with Gasteiger partial charge in [0.1, 0.15) is 0 Å². The number of aromatic nitrogens is 2. The molecule has 3 heterocycles. The number of benzene rings is 1. The zero-order chi connectivity index (χ0) is 16.7. The number of nitrogens with one attached hydrogen (secondary N) is 2. The van der Waals surface area contributed by atoms with Crippen molar-refractivity contribution in [2.75, 3.05) is 18.9 Å². The standard InChI is InChI=1S/C19H24N4S/c1-12(2)18-17-15(14-6-4-5-7-16(14)22-17)8-9-23(18)10-13-11-24-19(20-3)21-13/h4-7,11-12,18,22H,8-10H2,1-3H3,(H,20,21). The van der Waals surface area contributed by atoms with Crippen molar-refractivity contribution in [2.24, 2.45) is 5.92 Å². The maximum atomic E-state index is 4.67. The van der Waals surface area contributed by atoms with Gasteiger partial charge in [-0.1, -0.05) is 32.0 Å². The molecule has 1 aromatic carbocycles. The number of H-pyrrole nitrogens is 1. The van der Waals surface area contributed by atoms with Crippen molar-refractivity contribution in [2.45, 2.75) is 32.9 Å². The van der Waals surface area contributed by atoms with E-state index in [-0.39, 0.29) is 0 Å². The molecule has 1 aliphatic heterocycles. The second-order valence-electron chi connectivity index (χ2n) is 6.87. The van der Waals surface area contributed by atoms with Gasteiger partial charge < -0.3 is 10.3 Å². The zero-order valence-corrected chi connectivity index (χ0v) is 15.3. The highest BCUT2D eigenvalue weighted by Crippen LogP contribution is 2.39. The van der Waals surface area contributed by atoms with Gasteiger partial charge in [0.15, 0.2) is 5.13 Å². The third-order valence-corrected chi connectivity index (χ3v) is 5.86. The van der Waals surface area contributed by atoms with Gasteiger partial charge in [0, 0.05) is 42.1 Å². The number of para-hydroxylation sites is 1. The molecule has 5 heteroatoms. The molecule has 1 unspecified atom stereocenters. The molecule has 0 bridgehead atoms. The van der Waals surface area contributed by atoms with E-state index in [0.717, 1.165) is 30.3 Å². The Morgan fingerprint density at radius 2 is 2.21 bits per heavy atom. The fourth-order valence-electron chi connectivity index (χ4n) is 3.95. The van der Waals surface area contributed by atoms with E-state index in [1.807, 2.05) is 7.05 Å². The van der Waals surface area contributed by atoms with E-state index in [9.17, 15) is 0 Å². The van der Waals surface area contributed by atoms with Crippen LogP contribution >= 0.6 is 11.3 Å². The Morgan fingerprint density at radius 3 is 2.96 bits per heavy atom. The lowest BCUT2D eigenvalue weighted by Gasteiger charge is -2.37. The summed E-state index contributed by atoms with van der Waals surface area (Å²) in [6.45, 7) is 6.64. The lowest BCUT2D eigenvalue weighted by molar-refractivity contribution is 0.131. The lowest BCUT2D eigenvalue weighted by Crippen LogP contribution is -2.37. The SMILES string of the molecule is CNc1nc(CN2CCc3c([nH]c4ccccc34)C2C(C)C)cs1. The van der Waals surface area contributed by atoms with E-state index < -0.39 is 0 Å². The second-order valence-corrected chi connectivity index (χ2v) is 7.72. The predicted molar refractivity (Wildman–Crippen MR) is 102 cm³/mol. The first-order chi connectivity index (χ1) is 11.7. The van der Waals surface area contributed by atoms with Crippen LogP contribution in [-0.2, 0) is 13.0 Å². The minimum absolute atomic E-state index is 0.417. The topological polar surface area (TPSA) is 44.0 Å². The van der Waals surface area contributed by atoms with Gasteiger partial charge in [0.25, 0.3) is 0 Å². The number of hydrogen-bond donors (Lipinski definition) is 2. The van der Waals surface area contributed by atoms with Crippen LogP contribution in [0.5, 0.6) is 0 Å². The summed E-state index contributed by atoms with van der Waals surface area (Å²) in [7, 11) is 1.93. The van der Waals surface area contributed by atoms with Crippen LogP contribution in [0, 0.1) is 5.92 Å². The molecule has 0 amide bonds. The Hall–Kier alpha value is -1.85. The molecule has 4 nitrogen and oxygen atoms in total. The van der Waals surface area contributed by atoms with Crippen molar-refractivity contribution in [3.05, 3.63) is 46.6 Å². The molecule has 0 spiro atoms. The predicted octanol–water partition coefficient (Wildman–Crippen LogP) is 4.42. The third kappa shape index (κ3) is 2.62. The van der Waals surface area contributed by atoms with Gasteiger partial charge in [-0.3, -0.25) is 4.90 Å². The van der Waals surface area contributed by atoms with E-state index in [0.29, 0.717) is 12.0 Å². The molecular formula is C19H24N4S. The van der Waals surface area contributed by atoms with Gasteiger partial charge in [-0.15, -0.1) is 11.3 Å². The smallest absolute Gasteiger partial charge is 0.182 e. The first-order valence-corrected chi connectivity index (χ1v) is 9.51. The quantitative estimate of drug-likeness (QED) is 0.739. The van der Waals surface area contributed by atoms with Crippen molar-refractivity contribution < 1.29 is 0 Å². The monoisotopic (exact) mass is 340 g/mol. The van der Waals surface area contributed by atoms with Crippen LogP contribution in [0.25, 0.3) is 10.9 Å². The van der Waals surface area contributed by atoms with Crippen molar-refractivity contribution in [3.63, 3.8) is 0 Å². The van der Waals surface area contributed by atoms with Crippen LogP contribution < -0.4 is 5.32 Å². The van der Waals surface area contributed by atoms with Gasteiger partial charge in [-0.2, -0.15) is 0 Å². The minimum atomic E-state index is 0.417. The van der Waals surface area contributed by atoms with Crippen LogP contribution in [0.15, 0.2) is 29.6 Å². The molecule has 0 radical (unpaired) electrons. The van der Waals surface area contributed by atoms with E-state index in [2.05, 4.69) is 63.7 Å². The number of rotatable bonds is 4. The van der Waals surface area contributed by atoms with Gasteiger partial charge in [0.2, 0.25) is 0 Å². The van der Waals surface area contributed by atoms with Gasteiger partial charge in [0.05, 0.1) is 11.7 Å². The summed E-state index contributed by atoms with van der Waals surface area (Å²) in [5.41, 5.74) is 5.34. The van der Waals surface area contributed by atoms with Crippen molar-refractivity contribution in [3.8, 4) is 0 Å². The fourth-order valence-corrected chi connectivity index (χ4v) is 4.62. The van der Waals surface area contributed by atoms with Crippen LogP contribution in [0.4, 0.5) is 5.13 Å².